The van der Waals surface area contributed by atoms with Gasteiger partial charge in [0.1, 0.15) is 0 Å². The summed E-state index contributed by atoms with van der Waals surface area (Å²) < 4.78 is 0. The zero-order chi connectivity index (χ0) is 13.5. The molecule has 1 N–H and O–H groups in total. The number of hydrogen-bond donors (Lipinski definition) is 1. The molecule has 0 fully saturated rings. The van der Waals surface area contributed by atoms with Crippen molar-refractivity contribution in [3.63, 3.8) is 0 Å². The van der Waals surface area contributed by atoms with Gasteiger partial charge in [-0.05, 0) is 55.5 Å². The molecule has 2 nitrogen and oxygen atoms in total. The van der Waals surface area contributed by atoms with E-state index in [9.17, 15) is 0 Å². The van der Waals surface area contributed by atoms with Crippen molar-refractivity contribution in [3.8, 4) is 6.07 Å². The molecular formula is C16H24N2. The van der Waals surface area contributed by atoms with Crippen molar-refractivity contribution in [1.29, 1.82) is 5.26 Å². The maximum absolute atomic E-state index is 8.81. The van der Waals surface area contributed by atoms with E-state index >= 15 is 0 Å². The Morgan fingerprint density at radius 3 is 2.28 bits per heavy atom. The first kappa shape index (κ1) is 14.7. The zero-order valence-electron chi connectivity index (χ0n) is 12.0. The molecule has 0 spiro atoms. The predicted molar refractivity (Wildman–Crippen MR) is 76.7 cm³/mol. The molecule has 0 saturated heterocycles. The van der Waals surface area contributed by atoms with E-state index in [1.54, 1.807) is 0 Å². The Bertz CT molecular complexity index is 429. The number of hydrogen-bond acceptors (Lipinski definition) is 2. The van der Waals surface area contributed by atoms with Gasteiger partial charge in [-0.2, -0.15) is 5.26 Å². The largest absolute Gasteiger partial charge is 0.316 e. The summed E-state index contributed by atoms with van der Waals surface area (Å²) in [7, 11) is 1.93. The second-order valence-electron chi connectivity index (χ2n) is 4.81. The number of aryl methyl sites for hydroxylation is 3. The van der Waals surface area contributed by atoms with E-state index in [0.717, 1.165) is 19.3 Å². The van der Waals surface area contributed by atoms with Crippen molar-refractivity contribution in [1.82, 2.24) is 5.32 Å². The normalized spacial score (nSPS) is 12.2. The Balaban J connectivity index is 2.98. The van der Waals surface area contributed by atoms with Gasteiger partial charge in [0.15, 0.2) is 0 Å². The number of benzene rings is 1. The van der Waals surface area contributed by atoms with E-state index in [1.165, 1.54) is 22.3 Å². The lowest BCUT2D eigenvalue weighted by Gasteiger charge is -2.17. The molecule has 0 bridgehead atoms. The smallest absolute Gasteiger partial charge is 0.0638 e. The molecule has 0 aliphatic rings. The molecule has 1 rings (SSSR count). The predicted octanol–water partition coefficient (Wildman–Crippen LogP) is 3.16. The fourth-order valence-corrected chi connectivity index (χ4v) is 2.39. The van der Waals surface area contributed by atoms with Crippen molar-refractivity contribution in [2.75, 3.05) is 7.05 Å². The Morgan fingerprint density at radius 2 is 1.78 bits per heavy atom. The van der Waals surface area contributed by atoms with E-state index in [1.807, 2.05) is 7.05 Å². The average molecular weight is 244 g/mol. The number of nitrogens with one attached hydrogen (secondary N) is 1. The zero-order valence-corrected chi connectivity index (χ0v) is 12.0. The van der Waals surface area contributed by atoms with Crippen LogP contribution in [0.4, 0.5) is 0 Å². The lowest BCUT2D eigenvalue weighted by atomic mass is 9.92. The van der Waals surface area contributed by atoms with Gasteiger partial charge in [-0.1, -0.05) is 26.0 Å². The quantitative estimate of drug-likeness (QED) is 0.834. The lowest BCUT2D eigenvalue weighted by Crippen LogP contribution is -2.27. The van der Waals surface area contributed by atoms with Crippen LogP contribution in [0.3, 0.4) is 0 Å². The highest BCUT2D eigenvalue weighted by atomic mass is 14.9. The van der Waals surface area contributed by atoms with Crippen LogP contribution in [-0.4, -0.2) is 13.1 Å². The molecule has 0 amide bonds. The molecule has 0 heterocycles. The summed E-state index contributed by atoms with van der Waals surface area (Å²) in [6, 6.07) is 7.14. The molecule has 1 atom stereocenters. The number of nitriles is 1. The van der Waals surface area contributed by atoms with Crippen molar-refractivity contribution in [2.24, 2.45) is 0 Å². The van der Waals surface area contributed by atoms with Gasteiger partial charge in [-0.25, -0.2) is 0 Å². The SMILES string of the molecule is CCc1cc(C)c(CC(CC#N)NC)cc1CC. The summed E-state index contributed by atoms with van der Waals surface area (Å²) in [5, 5.41) is 12.0. The molecule has 0 aromatic heterocycles. The van der Waals surface area contributed by atoms with Gasteiger partial charge < -0.3 is 5.32 Å². The highest BCUT2D eigenvalue weighted by Crippen LogP contribution is 2.20. The van der Waals surface area contributed by atoms with Crippen LogP contribution >= 0.6 is 0 Å². The van der Waals surface area contributed by atoms with E-state index < -0.39 is 0 Å². The van der Waals surface area contributed by atoms with Gasteiger partial charge in [-0.3, -0.25) is 0 Å². The third-order valence-corrected chi connectivity index (χ3v) is 3.63. The summed E-state index contributed by atoms with van der Waals surface area (Å²) in [5.74, 6) is 0. The molecule has 0 aliphatic carbocycles. The van der Waals surface area contributed by atoms with Crippen LogP contribution in [0, 0.1) is 18.3 Å². The van der Waals surface area contributed by atoms with Gasteiger partial charge in [0, 0.05) is 6.04 Å². The molecule has 1 unspecified atom stereocenters. The van der Waals surface area contributed by atoms with E-state index in [-0.39, 0.29) is 6.04 Å². The molecule has 2 heteroatoms. The molecule has 0 aliphatic heterocycles. The van der Waals surface area contributed by atoms with Gasteiger partial charge in [0.05, 0.1) is 12.5 Å². The van der Waals surface area contributed by atoms with Crippen LogP contribution in [0.5, 0.6) is 0 Å². The van der Waals surface area contributed by atoms with E-state index in [0.29, 0.717) is 6.42 Å². The minimum absolute atomic E-state index is 0.255. The van der Waals surface area contributed by atoms with Gasteiger partial charge >= 0.3 is 0 Å². The maximum atomic E-state index is 8.81. The fourth-order valence-electron chi connectivity index (χ4n) is 2.39. The second kappa shape index (κ2) is 7.18. The van der Waals surface area contributed by atoms with Crippen LogP contribution in [-0.2, 0) is 19.3 Å². The first-order chi connectivity index (χ1) is 8.65. The topological polar surface area (TPSA) is 35.8 Å². The number of nitrogens with zero attached hydrogens (tertiary/aromatic N) is 1. The molecule has 98 valence electrons. The van der Waals surface area contributed by atoms with Crippen LogP contribution in [0.1, 0.15) is 42.5 Å². The van der Waals surface area contributed by atoms with Crippen molar-refractivity contribution in [2.45, 2.75) is 52.5 Å². The molecular weight excluding hydrogens is 220 g/mol. The Hall–Kier alpha value is -1.33. The fraction of sp³-hybridized carbons (Fsp3) is 0.562. The first-order valence-corrected chi connectivity index (χ1v) is 6.81. The minimum atomic E-state index is 0.255. The van der Waals surface area contributed by atoms with Gasteiger partial charge in [-0.15, -0.1) is 0 Å². The van der Waals surface area contributed by atoms with Gasteiger partial charge in [0.2, 0.25) is 0 Å². The van der Waals surface area contributed by atoms with Crippen molar-refractivity contribution < 1.29 is 0 Å². The van der Waals surface area contributed by atoms with E-state index in [4.69, 9.17) is 5.26 Å². The highest BCUT2D eigenvalue weighted by molar-refractivity contribution is 5.38. The highest BCUT2D eigenvalue weighted by Gasteiger charge is 2.11. The summed E-state index contributed by atoms with van der Waals surface area (Å²) in [6.07, 6.45) is 3.68. The summed E-state index contributed by atoms with van der Waals surface area (Å²) in [5.41, 5.74) is 5.63. The first-order valence-electron chi connectivity index (χ1n) is 6.81. The third-order valence-electron chi connectivity index (χ3n) is 3.63. The Kier molecular flexibility index (Phi) is 5.88. The molecule has 1 aromatic rings. The Labute approximate surface area is 111 Å². The standard InChI is InChI=1S/C16H24N2/c1-5-13-9-12(3)15(10-14(13)6-2)11-16(18-4)7-8-17/h9-10,16,18H,5-7,11H2,1-4H3. The van der Waals surface area contributed by atoms with Crippen LogP contribution in [0.2, 0.25) is 0 Å². The van der Waals surface area contributed by atoms with Crippen molar-refractivity contribution >= 4 is 0 Å². The molecule has 0 radical (unpaired) electrons. The molecule has 0 saturated carbocycles. The minimum Gasteiger partial charge on any atom is -0.316 e. The maximum Gasteiger partial charge on any atom is 0.0638 e. The Morgan fingerprint density at radius 1 is 1.17 bits per heavy atom. The second-order valence-corrected chi connectivity index (χ2v) is 4.81. The summed E-state index contributed by atoms with van der Waals surface area (Å²) in [6.45, 7) is 6.59. The van der Waals surface area contributed by atoms with Crippen LogP contribution in [0.15, 0.2) is 12.1 Å². The lowest BCUT2D eigenvalue weighted by molar-refractivity contribution is 0.569. The van der Waals surface area contributed by atoms with Gasteiger partial charge in [0.25, 0.3) is 0 Å². The van der Waals surface area contributed by atoms with Crippen molar-refractivity contribution in [3.05, 3.63) is 34.4 Å². The van der Waals surface area contributed by atoms with E-state index in [2.05, 4.69) is 44.3 Å². The number of rotatable bonds is 6. The monoisotopic (exact) mass is 244 g/mol. The average Bonchev–Trinajstić information content (AvgIpc) is 2.39. The molecule has 18 heavy (non-hydrogen) atoms. The summed E-state index contributed by atoms with van der Waals surface area (Å²) in [4.78, 5) is 0. The molecule has 1 aromatic carbocycles. The number of likely N-dealkylation sites (N-methyl/N-ethyl adjacent to an activating group) is 1. The third kappa shape index (κ3) is 3.58. The van der Waals surface area contributed by atoms with Crippen LogP contribution in [0.25, 0.3) is 0 Å². The summed E-state index contributed by atoms with van der Waals surface area (Å²) >= 11 is 0. The van der Waals surface area contributed by atoms with Crippen LogP contribution < -0.4 is 5.32 Å².